The molecule has 0 aliphatic carbocycles. The summed E-state index contributed by atoms with van der Waals surface area (Å²) in [5.74, 6) is 0.286. The molecule has 0 unspecified atom stereocenters. The van der Waals surface area contributed by atoms with Gasteiger partial charge in [0, 0.05) is 32.6 Å². The van der Waals surface area contributed by atoms with Gasteiger partial charge in [-0.2, -0.15) is 0 Å². The Balaban J connectivity index is 1.71. The van der Waals surface area contributed by atoms with Crippen molar-refractivity contribution in [3.63, 3.8) is 0 Å². The molecule has 1 aromatic carbocycles. The van der Waals surface area contributed by atoms with Gasteiger partial charge < -0.3 is 10.6 Å². The number of nitrogens with two attached hydrogens (primary N) is 1. The normalized spacial score (nSPS) is 16.2. The van der Waals surface area contributed by atoms with Crippen LogP contribution in [-0.4, -0.2) is 55.0 Å². The number of nitrogens with zero attached hydrogens (tertiary/aromatic N) is 2. The van der Waals surface area contributed by atoms with Gasteiger partial charge in [-0.05, 0) is 38.4 Å². The molecule has 1 heterocycles. The maximum Gasteiger partial charge on any atom is 0.222 e. The van der Waals surface area contributed by atoms with Crippen LogP contribution in [0.3, 0.4) is 0 Å². The molecule has 1 fully saturated rings. The fourth-order valence-electron chi connectivity index (χ4n) is 2.70. The molecule has 1 saturated heterocycles. The maximum atomic E-state index is 12.2. The summed E-state index contributed by atoms with van der Waals surface area (Å²) in [6, 6.07) is 8.45. The van der Waals surface area contributed by atoms with Crippen LogP contribution >= 0.6 is 0 Å². The fourth-order valence-corrected chi connectivity index (χ4v) is 2.70. The van der Waals surface area contributed by atoms with Gasteiger partial charge in [-0.15, -0.1) is 0 Å². The van der Waals surface area contributed by atoms with Crippen molar-refractivity contribution in [2.45, 2.75) is 26.2 Å². The van der Waals surface area contributed by atoms with Crippen molar-refractivity contribution in [1.29, 1.82) is 0 Å². The summed E-state index contributed by atoms with van der Waals surface area (Å²) in [6.45, 7) is 7.57. The third-order valence-electron chi connectivity index (χ3n) is 4.15. The van der Waals surface area contributed by atoms with E-state index in [1.54, 1.807) is 0 Å². The van der Waals surface area contributed by atoms with Gasteiger partial charge in [0.05, 0.1) is 0 Å². The average Bonchev–Trinajstić information content (AvgIpc) is 2.52. The van der Waals surface area contributed by atoms with Crippen LogP contribution in [0.2, 0.25) is 0 Å². The molecule has 0 aromatic heterocycles. The lowest BCUT2D eigenvalue weighted by atomic mass is 10.1. The number of rotatable bonds is 6. The van der Waals surface area contributed by atoms with Crippen LogP contribution in [0.1, 0.15) is 24.0 Å². The largest absolute Gasteiger partial charge is 0.340 e. The van der Waals surface area contributed by atoms with Gasteiger partial charge in [-0.25, -0.2) is 0 Å². The van der Waals surface area contributed by atoms with Gasteiger partial charge in [-0.1, -0.05) is 29.8 Å². The highest BCUT2D eigenvalue weighted by Crippen LogP contribution is 2.09. The third kappa shape index (κ3) is 5.14. The SMILES string of the molecule is Cc1ccc(CCC(=O)N2CCN(CCCN)CC2)cc1. The molecule has 21 heavy (non-hydrogen) atoms. The van der Waals surface area contributed by atoms with Crippen LogP contribution in [0.15, 0.2) is 24.3 Å². The molecule has 2 rings (SSSR count). The zero-order valence-corrected chi connectivity index (χ0v) is 13.1. The molecule has 1 amide bonds. The molecular weight excluding hydrogens is 262 g/mol. The summed E-state index contributed by atoms with van der Waals surface area (Å²) in [6.07, 6.45) is 2.50. The van der Waals surface area contributed by atoms with Crippen molar-refractivity contribution < 1.29 is 4.79 Å². The summed E-state index contributed by atoms with van der Waals surface area (Å²) >= 11 is 0. The molecule has 2 N–H and O–H groups in total. The number of carbonyl (C=O) groups is 1. The number of piperazine rings is 1. The van der Waals surface area contributed by atoms with Crippen molar-refractivity contribution in [2.24, 2.45) is 5.73 Å². The van der Waals surface area contributed by atoms with E-state index in [1.165, 1.54) is 11.1 Å². The van der Waals surface area contributed by atoms with Crippen molar-refractivity contribution in [1.82, 2.24) is 9.80 Å². The minimum absolute atomic E-state index is 0.286. The Bertz CT molecular complexity index is 436. The first-order valence-corrected chi connectivity index (χ1v) is 7.95. The van der Waals surface area contributed by atoms with Crippen molar-refractivity contribution >= 4 is 5.91 Å². The lowest BCUT2D eigenvalue weighted by Crippen LogP contribution is -2.49. The maximum absolute atomic E-state index is 12.2. The minimum Gasteiger partial charge on any atom is -0.340 e. The Hall–Kier alpha value is -1.39. The molecule has 1 aliphatic rings. The number of hydrogen-bond acceptors (Lipinski definition) is 3. The number of carbonyl (C=O) groups excluding carboxylic acids is 1. The zero-order valence-electron chi connectivity index (χ0n) is 13.1. The molecule has 0 spiro atoms. The summed E-state index contributed by atoms with van der Waals surface area (Å²) in [5, 5.41) is 0. The number of hydrogen-bond donors (Lipinski definition) is 1. The zero-order chi connectivity index (χ0) is 15.1. The first-order chi connectivity index (χ1) is 10.2. The standard InChI is InChI=1S/C17H27N3O/c1-15-3-5-16(6-4-15)7-8-17(21)20-13-11-19(12-14-20)10-2-9-18/h3-6H,2,7-14,18H2,1H3. The predicted molar refractivity (Wildman–Crippen MR) is 86.2 cm³/mol. The predicted octanol–water partition coefficient (Wildman–Crippen LogP) is 1.42. The van der Waals surface area contributed by atoms with Gasteiger partial charge in [0.2, 0.25) is 5.91 Å². The summed E-state index contributed by atoms with van der Waals surface area (Å²) in [7, 11) is 0. The number of benzene rings is 1. The first-order valence-electron chi connectivity index (χ1n) is 7.95. The molecule has 0 bridgehead atoms. The average molecular weight is 289 g/mol. The molecule has 1 aliphatic heterocycles. The highest BCUT2D eigenvalue weighted by atomic mass is 16.2. The summed E-state index contributed by atoms with van der Waals surface area (Å²) < 4.78 is 0. The Labute approximate surface area is 127 Å². The van der Waals surface area contributed by atoms with Gasteiger partial charge in [0.1, 0.15) is 0 Å². The van der Waals surface area contributed by atoms with Crippen molar-refractivity contribution in [3.8, 4) is 0 Å². The Morgan fingerprint density at radius 1 is 1.14 bits per heavy atom. The second kappa shape index (κ2) is 8.15. The van der Waals surface area contributed by atoms with E-state index < -0.39 is 0 Å². The summed E-state index contributed by atoms with van der Waals surface area (Å²) in [4.78, 5) is 16.7. The van der Waals surface area contributed by atoms with Gasteiger partial charge in [-0.3, -0.25) is 9.69 Å². The van der Waals surface area contributed by atoms with Gasteiger partial charge >= 0.3 is 0 Å². The van der Waals surface area contributed by atoms with Crippen LogP contribution in [0, 0.1) is 6.92 Å². The smallest absolute Gasteiger partial charge is 0.222 e. The van der Waals surface area contributed by atoms with Gasteiger partial charge in [0.15, 0.2) is 0 Å². The van der Waals surface area contributed by atoms with Crippen molar-refractivity contribution in [3.05, 3.63) is 35.4 Å². The van der Waals surface area contributed by atoms with E-state index in [9.17, 15) is 4.79 Å². The molecule has 4 nitrogen and oxygen atoms in total. The van der Waals surface area contributed by atoms with E-state index in [0.717, 1.165) is 52.1 Å². The van der Waals surface area contributed by atoms with E-state index in [4.69, 9.17) is 5.73 Å². The van der Waals surface area contributed by atoms with E-state index in [1.807, 2.05) is 4.90 Å². The van der Waals surface area contributed by atoms with Crippen LogP contribution in [-0.2, 0) is 11.2 Å². The van der Waals surface area contributed by atoms with E-state index in [2.05, 4.69) is 36.1 Å². The summed E-state index contributed by atoms with van der Waals surface area (Å²) in [5.41, 5.74) is 8.04. The molecule has 4 heteroatoms. The van der Waals surface area contributed by atoms with Crippen molar-refractivity contribution in [2.75, 3.05) is 39.3 Å². The lowest BCUT2D eigenvalue weighted by molar-refractivity contribution is -0.132. The molecule has 116 valence electrons. The highest BCUT2D eigenvalue weighted by molar-refractivity contribution is 5.76. The number of aryl methyl sites for hydroxylation is 2. The van der Waals surface area contributed by atoms with E-state index in [-0.39, 0.29) is 5.91 Å². The van der Waals surface area contributed by atoms with Crippen LogP contribution in [0.4, 0.5) is 0 Å². The number of amides is 1. The van der Waals surface area contributed by atoms with Crippen LogP contribution in [0.25, 0.3) is 0 Å². The minimum atomic E-state index is 0.286. The monoisotopic (exact) mass is 289 g/mol. The fraction of sp³-hybridized carbons (Fsp3) is 0.588. The molecule has 0 saturated carbocycles. The first kappa shape index (κ1) is 16.0. The second-order valence-corrected chi connectivity index (χ2v) is 5.85. The lowest BCUT2D eigenvalue weighted by Gasteiger charge is -2.34. The highest BCUT2D eigenvalue weighted by Gasteiger charge is 2.20. The molecule has 1 aromatic rings. The molecular formula is C17H27N3O. The Morgan fingerprint density at radius 2 is 1.81 bits per heavy atom. The molecule has 0 radical (unpaired) electrons. The quantitative estimate of drug-likeness (QED) is 0.861. The van der Waals surface area contributed by atoms with E-state index in [0.29, 0.717) is 6.42 Å². The van der Waals surface area contributed by atoms with Gasteiger partial charge in [0.25, 0.3) is 0 Å². The van der Waals surface area contributed by atoms with Crippen LogP contribution < -0.4 is 5.73 Å². The molecule has 0 atom stereocenters. The second-order valence-electron chi connectivity index (χ2n) is 5.85. The topological polar surface area (TPSA) is 49.6 Å². The Morgan fingerprint density at radius 3 is 2.43 bits per heavy atom. The third-order valence-corrected chi connectivity index (χ3v) is 4.15. The Kier molecular flexibility index (Phi) is 6.21. The van der Waals surface area contributed by atoms with E-state index >= 15 is 0 Å². The van der Waals surface area contributed by atoms with Crippen LogP contribution in [0.5, 0.6) is 0 Å².